The SMILES string of the molecule is CCN[C@H]1CN(CCCC(=O)O)Sc2sc(S(N)(=O)=O)cc21. The van der Waals surface area contributed by atoms with E-state index in [0.29, 0.717) is 19.5 Å². The van der Waals surface area contributed by atoms with E-state index in [1.807, 2.05) is 6.92 Å². The van der Waals surface area contributed by atoms with Crippen LogP contribution in [0.15, 0.2) is 14.5 Å². The van der Waals surface area contributed by atoms with Gasteiger partial charge in [-0.25, -0.2) is 17.9 Å². The molecule has 0 saturated carbocycles. The zero-order valence-corrected chi connectivity index (χ0v) is 14.6. The number of hydrogen-bond acceptors (Lipinski definition) is 7. The summed E-state index contributed by atoms with van der Waals surface area (Å²) in [5.41, 5.74) is 0.954. The summed E-state index contributed by atoms with van der Waals surface area (Å²) in [5.74, 6) is -0.807. The third-order valence-electron chi connectivity index (χ3n) is 3.21. The van der Waals surface area contributed by atoms with Gasteiger partial charge in [0.05, 0.1) is 4.21 Å². The van der Waals surface area contributed by atoms with Crippen LogP contribution in [-0.2, 0) is 14.8 Å². The molecule has 0 aliphatic carbocycles. The lowest BCUT2D eigenvalue weighted by Gasteiger charge is -2.31. The van der Waals surface area contributed by atoms with Crippen molar-refractivity contribution in [3.63, 3.8) is 0 Å². The van der Waals surface area contributed by atoms with E-state index in [-0.39, 0.29) is 16.7 Å². The van der Waals surface area contributed by atoms with Crippen molar-refractivity contribution in [2.24, 2.45) is 5.14 Å². The lowest BCUT2D eigenvalue weighted by Crippen LogP contribution is -2.35. The fraction of sp³-hybridized carbons (Fsp3) is 0.583. The number of nitrogens with two attached hydrogens (primary N) is 1. The van der Waals surface area contributed by atoms with Gasteiger partial charge in [0.15, 0.2) is 0 Å². The normalized spacial score (nSPS) is 19.1. The molecule has 0 spiro atoms. The van der Waals surface area contributed by atoms with Crippen molar-refractivity contribution in [3.8, 4) is 0 Å². The van der Waals surface area contributed by atoms with Gasteiger partial charge in [-0.3, -0.25) is 4.79 Å². The van der Waals surface area contributed by atoms with Crippen molar-refractivity contribution < 1.29 is 18.3 Å². The quantitative estimate of drug-likeness (QED) is 0.623. The second-order valence-corrected chi connectivity index (χ2v) is 9.15. The van der Waals surface area contributed by atoms with Crippen LogP contribution >= 0.6 is 23.3 Å². The first kappa shape index (κ1) is 17.7. The van der Waals surface area contributed by atoms with Crippen molar-refractivity contribution in [1.82, 2.24) is 9.62 Å². The van der Waals surface area contributed by atoms with Gasteiger partial charge in [-0.1, -0.05) is 6.92 Å². The monoisotopic (exact) mass is 365 g/mol. The van der Waals surface area contributed by atoms with E-state index in [1.54, 1.807) is 6.07 Å². The minimum Gasteiger partial charge on any atom is -0.481 e. The number of likely N-dealkylation sites (N-methyl/N-ethyl adjacent to an activating group) is 1. The second kappa shape index (κ2) is 7.28. The average Bonchev–Trinajstić information content (AvgIpc) is 2.82. The first-order valence-electron chi connectivity index (χ1n) is 6.86. The molecule has 0 unspecified atom stereocenters. The Balaban J connectivity index is 2.16. The molecule has 2 heterocycles. The van der Waals surface area contributed by atoms with Gasteiger partial charge in [-0.15, -0.1) is 11.3 Å². The summed E-state index contributed by atoms with van der Waals surface area (Å²) in [6.45, 7) is 4.09. The van der Waals surface area contributed by atoms with Crippen LogP contribution < -0.4 is 10.5 Å². The van der Waals surface area contributed by atoms with Gasteiger partial charge >= 0.3 is 5.97 Å². The van der Waals surface area contributed by atoms with E-state index in [9.17, 15) is 13.2 Å². The number of carboxylic acids is 1. The van der Waals surface area contributed by atoms with Crippen molar-refractivity contribution >= 4 is 39.3 Å². The van der Waals surface area contributed by atoms with Crippen LogP contribution in [0.1, 0.15) is 31.4 Å². The van der Waals surface area contributed by atoms with Gasteiger partial charge < -0.3 is 10.4 Å². The highest BCUT2D eigenvalue weighted by Crippen LogP contribution is 2.43. The molecular formula is C12H19N3O4S3. The molecule has 10 heteroatoms. The maximum Gasteiger partial charge on any atom is 0.303 e. The Morgan fingerprint density at radius 2 is 2.32 bits per heavy atom. The highest BCUT2D eigenvalue weighted by Gasteiger charge is 2.29. The Hall–Kier alpha value is -0.650. The van der Waals surface area contributed by atoms with Gasteiger partial charge in [0, 0.05) is 25.6 Å². The molecule has 0 amide bonds. The molecule has 4 N–H and O–H groups in total. The Morgan fingerprint density at radius 3 is 2.91 bits per heavy atom. The number of nitrogens with zero attached hydrogens (tertiary/aromatic N) is 1. The molecular weight excluding hydrogens is 346 g/mol. The van der Waals surface area contributed by atoms with Crippen LogP contribution in [0.4, 0.5) is 0 Å². The highest BCUT2D eigenvalue weighted by atomic mass is 32.3. The standard InChI is InChI=1S/C12H19N3O4S3/c1-2-14-9-7-15(5-3-4-10(16)17)21-12-8(9)6-11(20-12)22(13,18)19/h6,9,14H,2-5,7H2,1H3,(H,16,17)(H2,13,18,19)/t9-/m0/s1. The molecule has 2 rings (SSSR count). The van der Waals surface area contributed by atoms with E-state index in [2.05, 4.69) is 9.62 Å². The summed E-state index contributed by atoms with van der Waals surface area (Å²) in [5, 5.41) is 17.3. The zero-order chi connectivity index (χ0) is 16.3. The van der Waals surface area contributed by atoms with Crippen molar-refractivity contribution in [1.29, 1.82) is 0 Å². The van der Waals surface area contributed by atoms with E-state index in [0.717, 1.165) is 16.3 Å². The van der Waals surface area contributed by atoms with Crippen molar-refractivity contribution in [2.45, 2.75) is 34.2 Å². The minimum atomic E-state index is -3.70. The van der Waals surface area contributed by atoms with Crippen molar-refractivity contribution in [3.05, 3.63) is 11.6 Å². The largest absolute Gasteiger partial charge is 0.481 e. The number of hydrogen-bond donors (Lipinski definition) is 3. The van der Waals surface area contributed by atoms with Crippen LogP contribution in [0.5, 0.6) is 0 Å². The second-order valence-electron chi connectivity index (χ2n) is 4.94. The van der Waals surface area contributed by atoms with Gasteiger partial charge in [-0.2, -0.15) is 0 Å². The van der Waals surface area contributed by atoms with E-state index < -0.39 is 16.0 Å². The van der Waals surface area contributed by atoms with Crippen LogP contribution in [-0.4, -0.2) is 43.4 Å². The number of fused-ring (bicyclic) bond motifs is 1. The number of carbonyl (C=O) groups is 1. The zero-order valence-electron chi connectivity index (χ0n) is 12.1. The predicted octanol–water partition coefficient (Wildman–Crippen LogP) is 1.23. The molecule has 0 fully saturated rings. The maximum absolute atomic E-state index is 11.5. The van der Waals surface area contributed by atoms with Crippen molar-refractivity contribution in [2.75, 3.05) is 19.6 Å². The molecule has 0 saturated heterocycles. The third-order valence-corrected chi connectivity index (χ3v) is 7.04. The van der Waals surface area contributed by atoms with E-state index >= 15 is 0 Å². The van der Waals surface area contributed by atoms with Gasteiger partial charge in [0.25, 0.3) is 0 Å². The number of rotatable bonds is 7. The molecule has 0 radical (unpaired) electrons. The highest BCUT2D eigenvalue weighted by molar-refractivity contribution is 7.99. The topological polar surface area (TPSA) is 113 Å². The summed E-state index contributed by atoms with van der Waals surface area (Å²) >= 11 is 2.64. The number of carboxylic acid groups (broad SMARTS) is 1. The Labute approximate surface area is 138 Å². The number of primary sulfonamides is 1. The lowest BCUT2D eigenvalue weighted by molar-refractivity contribution is -0.137. The Morgan fingerprint density at radius 1 is 1.59 bits per heavy atom. The first-order valence-corrected chi connectivity index (χ1v) is 9.99. The van der Waals surface area contributed by atoms with E-state index in [4.69, 9.17) is 10.2 Å². The molecule has 22 heavy (non-hydrogen) atoms. The molecule has 7 nitrogen and oxygen atoms in total. The molecule has 124 valence electrons. The number of thiophene rings is 1. The molecule has 0 bridgehead atoms. The van der Waals surface area contributed by atoms with Gasteiger partial charge in [0.2, 0.25) is 10.0 Å². The van der Waals surface area contributed by atoms with Crippen LogP contribution in [0.2, 0.25) is 0 Å². The minimum absolute atomic E-state index is 0.0258. The molecule has 1 aromatic heterocycles. The average molecular weight is 366 g/mol. The lowest BCUT2D eigenvalue weighted by atomic mass is 10.1. The summed E-state index contributed by atoms with van der Waals surface area (Å²) in [4.78, 5) is 10.6. The number of aliphatic carboxylic acids is 1. The molecule has 1 atom stereocenters. The number of nitrogens with one attached hydrogen (secondary N) is 1. The Bertz CT molecular complexity index is 644. The smallest absolute Gasteiger partial charge is 0.303 e. The number of sulfonamides is 1. The fourth-order valence-corrected chi connectivity index (χ4v) is 5.81. The summed E-state index contributed by atoms with van der Waals surface area (Å²) < 4.78 is 26.2. The van der Waals surface area contributed by atoms with Gasteiger partial charge in [-0.05, 0) is 36.5 Å². The maximum atomic E-state index is 11.5. The fourth-order valence-electron chi connectivity index (χ4n) is 2.24. The molecule has 1 aromatic rings. The Kier molecular flexibility index (Phi) is 5.86. The summed E-state index contributed by atoms with van der Waals surface area (Å²) in [6, 6.07) is 1.67. The van der Waals surface area contributed by atoms with E-state index in [1.165, 1.54) is 23.3 Å². The molecule has 0 aromatic carbocycles. The van der Waals surface area contributed by atoms with Crippen LogP contribution in [0, 0.1) is 0 Å². The van der Waals surface area contributed by atoms with Crippen LogP contribution in [0.25, 0.3) is 0 Å². The first-order chi connectivity index (χ1) is 10.3. The predicted molar refractivity (Wildman–Crippen MR) is 86.4 cm³/mol. The molecule has 1 aliphatic rings. The van der Waals surface area contributed by atoms with Crippen LogP contribution in [0.3, 0.4) is 0 Å². The summed E-state index contributed by atoms with van der Waals surface area (Å²) in [7, 11) is -3.70. The molecule has 1 aliphatic heterocycles. The summed E-state index contributed by atoms with van der Waals surface area (Å²) in [6.07, 6.45) is 0.687. The third kappa shape index (κ3) is 4.43. The van der Waals surface area contributed by atoms with Gasteiger partial charge in [0.1, 0.15) is 4.21 Å².